The number of ether oxygens (including phenoxy) is 5. The highest BCUT2D eigenvalue weighted by molar-refractivity contribution is 4.44. The fraction of sp³-hybridized carbons (Fsp3) is 0.789. The molecule has 0 aromatic heterocycles. The standard InChI is InChI=1S/C11H24N2O5.2C2H4.4CH4/c1-12-3-5-14-9-15-6-4-13(2)8-17-11-18-10-16-7-12;2*1-2;;;;/h3-11H2,1-2H3;2*1-2H2;4*1H4. The van der Waals surface area contributed by atoms with Crippen molar-refractivity contribution in [1.29, 1.82) is 0 Å². The van der Waals surface area contributed by atoms with Crippen LogP contribution in [0.15, 0.2) is 26.3 Å². The molecule has 0 aliphatic carbocycles. The minimum Gasteiger partial charge on any atom is -0.354 e. The molecule has 7 nitrogen and oxygen atoms in total. The first-order valence-electron chi connectivity index (χ1n) is 7.05. The summed E-state index contributed by atoms with van der Waals surface area (Å²) < 4.78 is 26.4. The van der Waals surface area contributed by atoms with Crippen molar-refractivity contribution in [3.05, 3.63) is 26.3 Å². The highest BCUT2D eigenvalue weighted by Crippen LogP contribution is 1.91. The third-order valence-electron chi connectivity index (χ3n) is 2.36. The van der Waals surface area contributed by atoms with Gasteiger partial charge in [0, 0.05) is 13.1 Å². The Labute approximate surface area is 164 Å². The van der Waals surface area contributed by atoms with Crippen LogP contribution in [-0.4, -0.2) is 84.0 Å². The summed E-state index contributed by atoms with van der Waals surface area (Å²) in [5, 5.41) is 0. The third kappa shape index (κ3) is 31.0. The molecule has 0 spiro atoms. The fourth-order valence-electron chi connectivity index (χ4n) is 1.28. The maximum Gasteiger partial charge on any atom is 0.151 e. The Hall–Kier alpha value is -0.800. The Balaban J connectivity index is -0.000000117. The van der Waals surface area contributed by atoms with Gasteiger partial charge in [0.2, 0.25) is 0 Å². The van der Waals surface area contributed by atoms with Crippen LogP contribution in [0.3, 0.4) is 0 Å². The molecular weight excluding hydrogens is 336 g/mol. The van der Waals surface area contributed by atoms with Crippen LogP contribution in [0.25, 0.3) is 0 Å². The summed E-state index contributed by atoms with van der Waals surface area (Å²) in [6, 6.07) is 0. The van der Waals surface area contributed by atoms with Crippen molar-refractivity contribution < 1.29 is 23.7 Å². The van der Waals surface area contributed by atoms with Crippen LogP contribution in [0, 0.1) is 0 Å². The fourth-order valence-corrected chi connectivity index (χ4v) is 1.28. The van der Waals surface area contributed by atoms with Crippen molar-refractivity contribution in [2.24, 2.45) is 0 Å². The molecule has 1 aliphatic rings. The molecule has 164 valence electrons. The second kappa shape index (κ2) is 35.3. The molecule has 0 aromatic carbocycles. The largest absolute Gasteiger partial charge is 0.354 e. The molecule has 0 aromatic rings. The molecule has 0 amide bonds. The highest BCUT2D eigenvalue weighted by Gasteiger charge is 2.01. The molecule has 0 atom stereocenters. The molecule has 0 unspecified atom stereocenters. The Morgan fingerprint density at radius 3 is 1.19 bits per heavy atom. The van der Waals surface area contributed by atoms with Crippen LogP contribution < -0.4 is 0 Å². The van der Waals surface area contributed by atoms with Crippen LogP contribution in [-0.2, 0) is 23.7 Å². The first kappa shape index (κ1) is 40.0. The Kier molecular flexibility index (Phi) is 54.4. The molecular formula is C19H48N2O5. The number of rotatable bonds is 0. The van der Waals surface area contributed by atoms with E-state index in [1.807, 2.05) is 23.9 Å². The average Bonchev–Trinajstić information content (AvgIpc) is 2.56. The average molecular weight is 385 g/mol. The van der Waals surface area contributed by atoms with Gasteiger partial charge in [-0.05, 0) is 14.1 Å². The van der Waals surface area contributed by atoms with E-state index in [2.05, 4.69) is 26.3 Å². The van der Waals surface area contributed by atoms with Crippen LogP contribution in [0.1, 0.15) is 29.7 Å². The number of hydrogen-bond acceptors (Lipinski definition) is 7. The molecule has 0 bridgehead atoms. The Bertz CT molecular complexity index is 186. The van der Waals surface area contributed by atoms with Crippen molar-refractivity contribution >= 4 is 0 Å². The summed E-state index contributed by atoms with van der Waals surface area (Å²) in [5.74, 6) is 0. The van der Waals surface area contributed by atoms with Crippen molar-refractivity contribution in [2.45, 2.75) is 29.7 Å². The first-order valence-corrected chi connectivity index (χ1v) is 7.05. The van der Waals surface area contributed by atoms with Gasteiger partial charge in [0.05, 0.1) is 13.2 Å². The minimum absolute atomic E-state index is 0. The van der Waals surface area contributed by atoms with Crippen molar-refractivity contribution in [3.8, 4) is 0 Å². The topological polar surface area (TPSA) is 52.6 Å². The molecule has 26 heavy (non-hydrogen) atoms. The van der Waals surface area contributed by atoms with Gasteiger partial charge >= 0.3 is 0 Å². The number of nitrogens with zero attached hydrogens (tertiary/aromatic N) is 2. The van der Waals surface area contributed by atoms with E-state index in [0.717, 1.165) is 13.1 Å². The zero-order valence-corrected chi connectivity index (χ0v) is 14.1. The van der Waals surface area contributed by atoms with Gasteiger partial charge in [-0.2, -0.15) is 0 Å². The van der Waals surface area contributed by atoms with Gasteiger partial charge in [-0.25, -0.2) is 0 Å². The molecule has 0 N–H and O–H groups in total. The number of likely N-dealkylation sites (N-methyl/N-ethyl adjacent to an activating group) is 2. The third-order valence-corrected chi connectivity index (χ3v) is 2.36. The normalized spacial score (nSPS) is 17.6. The molecule has 7 heteroatoms. The van der Waals surface area contributed by atoms with E-state index in [1.54, 1.807) is 0 Å². The lowest BCUT2D eigenvalue weighted by atomic mass is 10.6. The lowest BCUT2D eigenvalue weighted by molar-refractivity contribution is -0.162. The van der Waals surface area contributed by atoms with Crippen molar-refractivity contribution in [2.75, 3.05) is 74.2 Å². The molecule has 1 aliphatic heterocycles. The van der Waals surface area contributed by atoms with E-state index in [-0.39, 0.29) is 43.3 Å². The summed E-state index contributed by atoms with van der Waals surface area (Å²) >= 11 is 0. The van der Waals surface area contributed by atoms with Gasteiger partial charge < -0.3 is 23.7 Å². The zero-order chi connectivity index (χ0) is 17.1. The summed E-state index contributed by atoms with van der Waals surface area (Å²) in [5.41, 5.74) is 0. The molecule has 0 saturated carbocycles. The maximum absolute atomic E-state index is 5.34. The molecule has 1 rings (SSSR count). The van der Waals surface area contributed by atoms with Gasteiger partial charge in [0.1, 0.15) is 20.3 Å². The second-order valence-corrected chi connectivity index (χ2v) is 4.20. The van der Waals surface area contributed by atoms with Gasteiger partial charge in [-0.1, -0.05) is 29.7 Å². The van der Waals surface area contributed by atoms with E-state index < -0.39 is 0 Å². The van der Waals surface area contributed by atoms with Crippen LogP contribution >= 0.6 is 0 Å². The highest BCUT2D eigenvalue weighted by atomic mass is 16.7. The summed E-state index contributed by atoms with van der Waals surface area (Å²) in [6.07, 6.45) is 0. The van der Waals surface area contributed by atoms with Crippen LogP contribution in [0.4, 0.5) is 0 Å². The first-order chi connectivity index (χ1) is 10.8. The number of hydrogen-bond donors (Lipinski definition) is 0. The SMILES string of the molecule is C.C.C.C.C=C.C=C.CN1CCOCOCCN(C)COCOCOC1. The predicted molar refractivity (Wildman–Crippen MR) is 114 cm³/mol. The molecule has 1 fully saturated rings. The van der Waals surface area contributed by atoms with E-state index in [9.17, 15) is 0 Å². The zero-order valence-electron chi connectivity index (χ0n) is 14.1. The lowest BCUT2D eigenvalue weighted by Gasteiger charge is -2.19. The van der Waals surface area contributed by atoms with E-state index in [0.29, 0.717) is 33.5 Å². The summed E-state index contributed by atoms with van der Waals surface area (Å²) in [4.78, 5) is 4.01. The second-order valence-electron chi connectivity index (χ2n) is 4.20. The van der Waals surface area contributed by atoms with E-state index in [4.69, 9.17) is 23.7 Å². The Morgan fingerprint density at radius 1 is 0.538 bits per heavy atom. The van der Waals surface area contributed by atoms with Crippen molar-refractivity contribution in [3.63, 3.8) is 0 Å². The van der Waals surface area contributed by atoms with Crippen LogP contribution in [0.2, 0.25) is 0 Å². The molecule has 0 radical (unpaired) electrons. The summed E-state index contributed by atoms with van der Waals surface area (Å²) in [6.45, 7) is 16.6. The van der Waals surface area contributed by atoms with Crippen LogP contribution in [0.5, 0.6) is 0 Å². The van der Waals surface area contributed by atoms with Gasteiger partial charge in [0.15, 0.2) is 13.6 Å². The Morgan fingerprint density at radius 2 is 0.846 bits per heavy atom. The van der Waals surface area contributed by atoms with Gasteiger partial charge in [0.25, 0.3) is 0 Å². The minimum atomic E-state index is 0. The van der Waals surface area contributed by atoms with Gasteiger partial charge in [-0.3, -0.25) is 9.80 Å². The monoisotopic (exact) mass is 384 g/mol. The molecule has 1 heterocycles. The lowest BCUT2D eigenvalue weighted by Crippen LogP contribution is -2.29. The summed E-state index contributed by atoms with van der Waals surface area (Å²) in [7, 11) is 3.91. The smallest absolute Gasteiger partial charge is 0.151 e. The quantitative estimate of drug-likeness (QED) is 0.587. The van der Waals surface area contributed by atoms with E-state index >= 15 is 0 Å². The van der Waals surface area contributed by atoms with Gasteiger partial charge in [-0.15, -0.1) is 26.3 Å². The van der Waals surface area contributed by atoms with Crippen molar-refractivity contribution in [1.82, 2.24) is 9.80 Å². The van der Waals surface area contributed by atoms with E-state index in [1.165, 1.54) is 0 Å². The molecule has 1 saturated heterocycles. The predicted octanol–water partition coefficient (Wildman–Crippen LogP) is 3.88. The maximum atomic E-state index is 5.34.